The van der Waals surface area contributed by atoms with Crippen LogP contribution in [0.1, 0.15) is 277 Å². The zero-order valence-electron chi connectivity index (χ0n) is 39.5. The first kappa shape index (κ1) is 58.5. The first-order valence-electron chi connectivity index (χ1n) is 26.0. The molecule has 9 heteroatoms. The molecule has 0 aliphatic carbocycles. The second-order valence-electron chi connectivity index (χ2n) is 17.8. The molecular weight excluding hydrogens is 758 g/mol. The van der Waals surface area contributed by atoms with E-state index in [1.54, 1.807) is 0 Å². The Labute approximate surface area is 367 Å². The van der Waals surface area contributed by atoms with Crippen LogP contribution in [0.15, 0.2) is 0 Å². The minimum absolute atomic E-state index is 0.0897. The third-order valence-electron chi connectivity index (χ3n) is 11.8. The van der Waals surface area contributed by atoms with Gasteiger partial charge in [-0.15, -0.1) is 0 Å². The molecule has 0 aliphatic heterocycles. The maximum Gasteiger partial charge on any atom is 0.472 e. The van der Waals surface area contributed by atoms with Crippen molar-refractivity contribution >= 4 is 13.8 Å². The van der Waals surface area contributed by atoms with Crippen molar-refractivity contribution in [1.29, 1.82) is 0 Å². The highest BCUT2D eigenvalue weighted by atomic mass is 31.2. The summed E-state index contributed by atoms with van der Waals surface area (Å²) in [5.74, 6) is -0.320. The molecule has 2 atom stereocenters. The lowest BCUT2D eigenvalue weighted by molar-refractivity contribution is -0.154. The number of hydrogen-bond donors (Lipinski definition) is 2. The molecule has 0 spiro atoms. The average Bonchev–Trinajstić information content (AvgIpc) is 3.23. The van der Waals surface area contributed by atoms with E-state index in [0.29, 0.717) is 13.0 Å². The number of unbranched alkanes of at least 4 members (excludes halogenated alkanes) is 38. The first-order chi connectivity index (χ1) is 28.9. The van der Waals surface area contributed by atoms with E-state index in [0.717, 1.165) is 32.1 Å². The number of ether oxygens (including phenoxy) is 2. The third kappa shape index (κ3) is 48.4. The predicted octanol–water partition coefficient (Wildman–Crippen LogP) is 16.0. The van der Waals surface area contributed by atoms with Crippen LogP contribution in [0.25, 0.3) is 0 Å². The van der Waals surface area contributed by atoms with Crippen LogP contribution in [0.2, 0.25) is 0 Å². The van der Waals surface area contributed by atoms with Crippen molar-refractivity contribution in [2.45, 2.75) is 283 Å². The van der Waals surface area contributed by atoms with Gasteiger partial charge in [0.05, 0.1) is 19.8 Å². The lowest BCUT2D eigenvalue weighted by atomic mass is 10.0. The van der Waals surface area contributed by atoms with E-state index in [9.17, 15) is 14.3 Å². The van der Waals surface area contributed by atoms with Crippen LogP contribution < -0.4 is 5.73 Å². The molecule has 3 N–H and O–H groups in total. The Morgan fingerprint density at radius 2 is 0.746 bits per heavy atom. The number of phosphoric acid groups is 1. The van der Waals surface area contributed by atoms with Gasteiger partial charge in [0, 0.05) is 19.6 Å². The van der Waals surface area contributed by atoms with Crippen LogP contribution in [0.5, 0.6) is 0 Å². The fourth-order valence-electron chi connectivity index (χ4n) is 7.94. The number of nitrogens with two attached hydrogens (primary N) is 1. The number of esters is 1. The molecule has 0 amide bonds. The summed E-state index contributed by atoms with van der Waals surface area (Å²) in [6.07, 6.45) is 52.8. The normalized spacial score (nSPS) is 13.2. The van der Waals surface area contributed by atoms with Gasteiger partial charge in [-0.05, 0) is 12.8 Å². The molecule has 0 heterocycles. The summed E-state index contributed by atoms with van der Waals surface area (Å²) < 4.78 is 33.6. The van der Waals surface area contributed by atoms with E-state index in [1.165, 1.54) is 225 Å². The molecule has 8 nitrogen and oxygen atoms in total. The third-order valence-corrected chi connectivity index (χ3v) is 12.8. The zero-order valence-corrected chi connectivity index (χ0v) is 40.4. The number of carbonyl (C=O) groups excluding carboxylic acids is 1. The fraction of sp³-hybridized carbons (Fsp3) is 0.980. The molecule has 354 valence electrons. The van der Waals surface area contributed by atoms with Gasteiger partial charge in [0.1, 0.15) is 6.10 Å². The topological polar surface area (TPSA) is 117 Å². The van der Waals surface area contributed by atoms with Gasteiger partial charge < -0.3 is 20.1 Å². The maximum absolute atomic E-state index is 12.7. The molecule has 0 aromatic heterocycles. The minimum Gasteiger partial charge on any atom is -0.457 e. The Morgan fingerprint density at radius 3 is 1.07 bits per heavy atom. The fourth-order valence-corrected chi connectivity index (χ4v) is 8.71. The molecule has 0 saturated heterocycles. The van der Waals surface area contributed by atoms with Gasteiger partial charge in [0.25, 0.3) is 0 Å². The predicted molar refractivity (Wildman–Crippen MR) is 252 cm³/mol. The van der Waals surface area contributed by atoms with Crippen LogP contribution in [0.3, 0.4) is 0 Å². The van der Waals surface area contributed by atoms with E-state index >= 15 is 0 Å². The molecule has 0 radical (unpaired) electrons. The molecule has 0 aromatic rings. The van der Waals surface area contributed by atoms with Gasteiger partial charge in [-0.25, -0.2) is 4.57 Å². The second kappa shape index (κ2) is 48.5. The molecule has 59 heavy (non-hydrogen) atoms. The Bertz CT molecular complexity index is 878. The summed E-state index contributed by atoms with van der Waals surface area (Å²) >= 11 is 0. The highest BCUT2D eigenvalue weighted by Crippen LogP contribution is 2.43. The van der Waals surface area contributed by atoms with Gasteiger partial charge in [0.2, 0.25) is 0 Å². The summed E-state index contributed by atoms with van der Waals surface area (Å²) in [5.41, 5.74) is 5.39. The van der Waals surface area contributed by atoms with E-state index in [2.05, 4.69) is 13.8 Å². The van der Waals surface area contributed by atoms with Gasteiger partial charge in [-0.1, -0.05) is 258 Å². The second-order valence-corrected chi connectivity index (χ2v) is 19.2. The lowest BCUT2D eigenvalue weighted by Crippen LogP contribution is -2.28. The highest BCUT2D eigenvalue weighted by molar-refractivity contribution is 7.47. The molecule has 0 aromatic carbocycles. The maximum atomic E-state index is 12.7. The van der Waals surface area contributed by atoms with E-state index in [4.69, 9.17) is 24.3 Å². The van der Waals surface area contributed by atoms with Gasteiger partial charge >= 0.3 is 13.8 Å². The van der Waals surface area contributed by atoms with Crippen LogP contribution in [0.4, 0.5) is 0 Å². The molecular formula is C50H102NO7P. The molecule has 0 fully saturated rings. The summed E-state index contributed by atoms with van der Waals surface area (Å²) in [6, 6.07) is 0. The number of rotatable bonds is 51. The minimum atomic E-state index is -4.27. The number of carbonyl (C=O) groups is 1. The van der Waals surface area contributed by atoms with Gasteiger partial charge in [-0.2, -0.15) is 0 Å². The summed E-state index contributed by atoms with van der Waals surface area (Å²) in [5, 5.41) is 0. The van der Waals surface area contributed by atoms with Crippen molar-refractivity contribution < 1.29 is 32.8 Å². The molecule has 0 aliphatic rings. The Morgan fingerprint density at radius 1 is 0.441 bits per heavy atom. The largest absolute Gasteiger partial charge is 0.472 e. The van der Waals surface area contributed by atoms with Crippen LogP contribution in [-0.4, -0.2) is 49.9 Å². The van der Waals surface area contributed by atoms with Crippen molar-refractivity contribution in [3.05, 3.63) is 0 Å². The van der Waals surface area contributed by atoms with Crippen molar-refractivity contribution in [2.75, 3.05) is 33.0 Å². The quantitative estimate of drug-likeness (QED) is 0.0353. The molecule has 0 saturated carbocycles. The van der Waals surface area contributed by atoms with E-state index in [-0.39, 0.29) is 32.3 Å². The lowest BCUT2D eigenvalue weighted by Gasteiger charge is -2.20. The smallest absolute Gasteiger partial charge is 0.457 e. The van der Waals surface area contributed by atoms with E-state index < -0.39 is 13.9 Å². The van der Waals surface area contributed by atoms with E-state index in [1.807, 2.05) is 0 Å². The molecule has 2 unspecified atom stereocenters. The van der Waals surface area contributed by atoms with Crippen molar-refractivity contribution in [1.82, 2.24) is 0 Å². The first-order valence-corrected chi connectivity index (χ1v) is 27.5. The monoisotopic (exact) mass is 860 g/mol. The SMILES string of the molecule is CCCCCCCCCCCCCCCCCCCCCCCCCC(=O)OC(COCCCCCCCCCCCCCCCCCCC)COP(=O)(O)OCCN. The molecule has 0 bridgehead atoms. The Kier molecular flexibility index (Phi) is 48.1. The van der Waals surface area contributed by atoms with Crippen LogP contribution >= 0.6 is 7.82 Å². The number of hydrogen-bond acceptors (Lipinski definition) is 7. The van der Waals surface area contributed by atoms with Crippen LogP contribution in [0, 0.1) is 0 Å². The average molecular weight is 860 g/mol. The van der Waals surface area contributed by atoms with Crippen molar-refractivity contribution in [3.63, 3.8) is 0 Å². The Balaban J connectivity index is 3.86. The summed E-state index contributed by atoms with van der Waals surface area (Å²) in [7, 11) is -4.27. The van der Waals surface area contributed by atoms with Crippen molar-refractivity contribution in [3.8, 4) is 0 Å². The summed E-state index contributed by atoms with van der Waals surface area (Å²) in [6.45, 7) is 5.01. The van der Waals surface area contributed by atoms with Crippen molar-refractivity contribution in [2.24, 2.45) is 5.73 Å². The van der Waals surface area contributed by atoms with Gasteiger partial charge in [0.15, 0.2) is 0 Å². The molecule has 0 rings (SSSR count). The highest BCUT2D eigenvalue weighted by Gasteiger charge is 2.25. The zero-order chi connectivity index (χ0) is 43.0. The van der Waals surface area contributed by atoms with Gasteiger partial charge in [-0.3, -0.25) is 13.8 Å². The van der Waals surface area contributed by atoms with Crippen LogP contribution in [-0.2, 0) is 27.9 Å². The number of phosphoric ester groups is 1. The Hall–Kier alpha value is -0.500. The summed E-state index contributed by atoms with van der Waals surface area (Å²) in [4.78, 5) is 22.6. The standard InChI is InChI=1S/C50H102NO7P/c1-3-5-7-9-11-13-15-17-19-21-22-23-24-25-26-27-29-31-33-35-37-39-41-43-50(52)58-49(48-57-59(53,54)56-46-44-51)47-55-45-42-40-38-36-34-32-30-28-20-18-16-14-12-10-8-6-4-2/h49H,3-48,51H2,1-2H3,(H,53,54).